The molecule has 0 radical (unpaired) electrons. The van der Waals surface area contributed by atoms with Gasteiger partial charge < -0.3 is 9.80 Å². The van der Waals surface area contributed by atoms with Gasteiger partial charge in [-0.25, -0.2) is 0 Å². The molecule has 0 bridgehead atoms. The summed E-state index contributed by atoms with van der Waals surface area (Å²) < 4.78 is 0. The van der Waals surface area contributed by atoms with Crippen molar-refractivity contribution in [3.63, 3.8) is 0 Å². The molecule has 0 spiro atoms. The second-order valence-corrected chi connectivity index (χ2v) is 41.0. The maximum absolute atomic E-state index is 16.6. The van der Waals surface area contributed by atoms with Crippen molar-refractivity contribution in [2.75, 3.05) is 13.1 Å². The summed E-state index contributed by atoms with van der Waals surface area (Å²) in [5.41, 5.74) is 9.13. The van der Waals surface area contributed by atoms with E-state index in [2.05, 4.69) is 163 Å². The molecular weight excluding hydrogens is 1470 g/mol. The predicted octanol–water partition coefficient (Wildman–Crippen LogP) is 33.8. The molecule has 0 fully saturated rings. The maximum Gasteiger partial charge on any atom is 0.261 e. The minimum Gasteiger partial charge on any atom is -0.306 e. The number of fused-ring (bicyclic) bond motifs is 1. The zero-order valence-electron chi connectivity index (χ0n) is 68.6. The number of unbranched alkanes of at least 4 members (excludes halogenated alkanes) is 28. The molecule has 590 valence electrons. The molecule has 2 atom stereocenters. The third-order valence-corrected chi connectivity index (χ3v) is 33.0. The molecule has 2 aliphatic heterocycles. The Morgan fingerprint density at radius 1 is 0.269 bits per heavy atom. The van der Waals surface area contributed by atoms with Crippen molar-refractivity contribution < 1.29 is 9.59 Å². The highest BCUT2D eigenvalue weighted by Gasteiger charge is 2.50. The molecule has 12 heteroatoms. The van der Waals surface area contributed by atoms with Crippen LogP contribution < -0.4 is 0 Å². The van der Waals surface area contributed by atoms with E-state index in [0.717, 1.165) is 72.5 Å². The molecule has 10 rings (SSSR count). The number of hydrogen-bond acceptors (Lipinski definition) is 10. The highest BCUT2D eigenvalue weighted by molar-refractivity contribution is 7.31. The lowest BCUT2D eigenvalue weighted by Gasteiger charge is -2.29. The first kappa shape index (κ1) is 86.4. The van der Waals surface area contributed by atoms with E-state index in [1.54, 1.807) is 5.56 Å². The number of nitrogens with zero attached hydrogens (tertiary/aromatic N) is 2. The van der Waals surface area contributed by atoms with Crippen LogP contribution in [0.5, 0.6) is 0 Å². The third kappa shape index (κ3) is 24.1. The van der Waals surface area contributed by atoms with Gasteiger partial charge in [0.1, 0.15) is 0 Å². The van der Waals surface area contributed by atoms with E-state index in [-0.39, 0.29) is 11.8 Å². The predicted molar refractivity (Wildman–Crippen MR) is 487 cm³/mol. The van der Waals surface area contributed by atoms with Crippen LogP contribution in [0.15, 0.2) is 83.9 Å². The largest absolute Gasteiger partial charge is 0.306 e. The SMILES string of the molecule is CCCCCCCCC(CCCCCC)CN1C(=O)C2=C(c3ccc(-c4cc(CCCCCC)c(-c5ccc(-c6cc(CCCCCC)c(-c7sc(-c8ccc(C)s8)cc7CCCCCC)s6)s5)s4)s3)N(CC(CCCCCC)CCCCCCCC)C(=O)C2=C1c1ccc(-c2cc(CCCCCC)c(C)s2)s1. The van der Waals surface area contributed by atoms with Crippen molar-refractivity contribution in [2.45, 2.75) is 352 Å². The summed E-state index contributed by atoms with van der Waals surface area (Å²) in [7, 11) is 0. The van der Waals surface area contributed by atoms with E-state index >= 15 is 9.59 Å². The van der Waals surface area contributed by atoms with Gasteiger partial charge in [-0.1, -0.05) is 261 Å². The van der Waals surface area contributed by atoms with Crippen LogP contribution in [0.3, 0.4) is 0 Å². The fraction of sp³-hybridized carbons (Fsp3) is 0.604. The Labute approximate surface area is 688 Å². The molecule has 4 nitrogen and oxygen atoms in total. The topological polar surface area (TPSA) is 40.6 Å². The fourth-order valence-corrected chi connectivity index (χ4v) is 26.0. The molecule has 8 aromatic rings. The van der Waals surface area contributed by atoms with E-state index < -0.39 is 0 Å². The van der Waals surface area contributed by atoms with Crippen LogP contribution in [0.25, 0.3) is 69.9 Å². The Hall–Kier alpha value is -3.98. The van der Waals surface area contributed by atoms with Crippen LogP contribution in [-0.2, 0) is 35.3 Å². The van der Waals surface area contributed by atoms with E-state index in [0.29, 0.717) is 36.1 Å². The van der Waals surface area contributed by atoms with Gasteiger partial charge >= 0.3 is 0 Å². The number of hydrogen-bond donors (Lipinski definition) is 0. The van der Waals surface area contributed by atoms with Crippen LogP contribution in [-0.4, -0.2) is 34.7 Å². The lowest BCUT2D eigenvalue weighted by atomic mass is 9.93. The zero-order valence-corrected chi connectivity index (χ0v) is 75.1. The summed E-state index contributed by atoms with van der Waals surface area (Å²) in [4.78, 5) is 59.0. The highest BCUT2D eigenvalue weighted by atomic mass is 32.1. The Morgan fingerprint density at radius 3 is 0.926 bits per heavy atom. The van der Waals surface area contributed by atoms with Gasteiger partial charge in [0.15, 0.2) is 0 Å². The van der Waals surface area contributed by atoms with Crippen LogP contribution in [0.2, 0.25) is 0 Å². The molecule has 108 heavy (non-hydrogen) atoms. The van der Waals surface area contributed by atoms with Gasteiger partial charge in [-0.3, -0.25) is 9.59 Å². The van der Waals surface area contributed by atoms with Crippen molar-refractivity contribution >= 4 is 114 Å². The number of amides is 2. The monoisotopic (exact) mass is 1600 g/mol. The van der Waals surface area contributed by atoms with E-state index in [1.165, 1.54) is 316 Å². The van der Waals surface area contributed by atoms with E-state index in [1.807, 2.05) is 79.4 Å². The Bertz CT molecular complexity index is 4040. The van der Waals surface area contributed by atoms with Gasteiger partial charge in [-0.2, -0.15) is 0 Å². The number of carbonyl (C=O) groups is 2. The average Bonchev–Trinajstić information content (AvgIpc) is 1.55. The quantitative estimate of drug-likeness (QED) is 0.0357. The summed E-state index contributed by atoms with van der Waals surface area (Å²) >= 11 is 15.6. The molecular formula is C96H136N2O2S8. The van der Waals surface area contributed by atoms with Gasteiger partial charge in [0.2, 0.25) is 0 Å². The van der Waals surface area contributed by atoms with Gasteiger partial charge in [-0.15, -0.1) is 90.7 Å². The second kappa shape index (κ2) is 46.4. The smallest absolute Gasteiger partial charge is 0.261 e. The minimum atomic E-state index is 0.0493. The summed E-state index contributed by atoms with van der Waals surface area (Å²) in [5, 5.41) is 0. The van der Waals surface area contributed by atoms with Crippen molar-refractivity contribution in [3.8, 4) is 58.5 Å². The first-order chi connectivity index (χ1) is 52.9. The molecule has 2 unspecified atom stereocenters. The third-order valence-electron chi connectivity index (χ3n) is 23.0. The van der Waals surface area contributed by atoms with Gasteiger partial charge in [0.05, 0.1) is 32.3 Å². The normalized spacial score (nSPS) is 13.9. The average molecular weight is 1610 g/mol. The van der Waals surface area contributed by atoms with E-state index in [9.17, 15) is 0 Å². The lowest BCUT2D eigenvalue weighted by Crippen LogP contribution is -2.34. The maximum atomic E-state index is 16.6. The number of rotatable bonds is 56. The highest BCUT2D eigenvalue weighted by Crippen LogP contribution is 2.54. The Morgan fingerprint density at radius 2 is 0.546 bits per heavy atom. The zero-order chi connectivity index (χ0) is 76.0. The van der Waals surface area contributed by atoms with Gasteiger partial charge in [-0.05, 0) is 198 Å². The number of aryl methyl sites for hydroxylation is 6. The molecule has 0 saturated carbocycles. The standard InChI is InChI=1S/C96H136N2O2S8/c1-11-19-27-35-37-41-49-71(47-39-29-21-13-3)67-97-90(81-60-57-78(103-81)84-63-73(70(10)102-84)51-43-31-23-15-5)88-89(96(97)100)91(98(95(88)99)68-72(48-40-30-22-14-4)50-42-38-36-28-20-12-2)82-61-58-79(104-82)86-64-74(52-44-32-24-16-6)92(106-86)83-62-59-80(105-83)87-66-76(54-46-34-26-18-8)94(108-87)93-75(53-45-33-25-17-7)65-85(107-93)77-56-55-69(9)101-77/h55-66,71-72H,11-54,67-68H2,1-10H3. The fourth-order valence-electron chi connectivity index (χ4n) is 16.6. The molecule has 0 saturated heterocycles. The molecule has 0 aromatic carbocycles. The lowest BCUT2D eigenvalue weighted by molar-refractivity contribution is -0.124. The minimum absolute atomic E-state index is 0.0493. The van der Waals surface area contributed by atoms with Crippen LogP contribution in [0.1, 0.15) is 354 Å². The number of thiophene rings is 8. The van der Waals surface area contributed by atoms with Crippen LogP contribution >= 0.6 is 90.7 Å². The van der Waals surface area contributed by atoms with Gasteiger partial charge in [0.25, 0.3) is 11.8 Å². The molecule has 0 aliphatic carbocycles. The number of carbonyl (C=O) groups excluding carboxylic acids is 2. The molecule has 0 N–H and O–H groups in total. The molecule has 8 aromatic heterocycles. The van der Waals surface area contributed by atoms with Crippen LogP contribution in [0, 0.1) is 25.7 Å². The Balaban J connectivity index is 1.06. The summed E-state index contributed by atoms with van der Waals surface area (Å²) in [6.45, 7) is 24.4. The summed E-state index contributed by atoms with van der Waals surface area (Å²) in [6.07, 6.45) is 53.8. The summed E-state index contributed by atoms with van der Waals surface area (Å²) in [5.74, 6) is 0.808. The van der Waals surface area contributed by atoms with Gasteiger partial charge in [0, 0.05) is 81.4 Å². The molecule has 2 aliphatic rings. The molecule has 2 amide bonds. The van der Waals surface area contributed by atoms with Crippen molar-refractivity contribution in [2.24, 2.45) is 11.8 Å². The van der Waals surface area contributed by atoms with Crippen molar-refractivity contribution in [1.29, 1.82) is 0 Å². The van der Waals surface area contributed by atoms with Crippen LogP contribution in [0.4, 0.5) is 0 Å². The molecule has 10 heterocycles. The van der Waals surface area contributed by atoms with Crippen molar-refractivity contribution in [1.82, 2.24) is 9.80 Å². The Kier molecular flexibility index (Phi) is 37.1. The van der Waals surface area contributed by atoms with E-state index in [4.69, 9.17) is 0 Å². The second-order valence-electron chi connectivity index (χ2n) is 32.1. The first-order valence-corrected chi connectivity index (χ1v) is 50.5. The summed E-state index contributed by atoms with van der Waals surface area (Å²) in [6, 6.07) is 29.0. The van der Waals surface area contributed by atoms with Crippen molar-refractivity contribution in [3.05, 3.63) is 126 Å². The first-order valence-electron chi connectivity index (χ1n) is 43.9.